The predicted molar refractivity (Wildman–Crippen MR) is 97.0 cm³/mol. The minimum absolute atomic E-state index is 0.134. The van der Waals surface area contributed by atoms with Gasteiger partial charge in [0.25, 0.3) is 0 Å². The number of pyridine rings is 1. The van der Waals surface area contributed by atoms with Gasteiger partial charge in [0, 0.05) is 28.8 Å². The highest BCUT2D eigenvalue weighted by molar-refractivity contribution is 9.10. The molecule has 2 amide bonds. The molecule has 1 aromatic carbocycles. The Morgan fingerprint density at radius 2 is 2.00 bits per heavy atom. The van der Waals surface area contributed by atoms with Crippen molar-refractivity contribution in [3.8, 4) is 11.5 Å². The fraction of sp³-hybridized carbons (Fsp3) is 0.333. The van der Waals surface area contributed by atoms with Crippen LogP contribution in [0.4, 0.5) is 10.5 Å². The molecule has 0 atom stereocenters. The lowest BCUT2D eigenvalue weighted by molar-refractivity contribution is 0.171. The highest BCUT2D eigenvalue weighted by Gasteiger charge is 2.33. The van der Waals surface area contributed by atoms with Crippen LogP contribution in [0.1, 0.15) is 18.5 Å². The van der Waals surface area contributed by atoms with E-state index in [2.05, 4.69) is 26.2 Å². The van der Waals surface area contributed by atoms with Crippen molar-refractivity contribution in [1.82, 2.24) is 9.88 Å². The number of halogens is 1. The van der Waals surface area contributed by atoms with Crippen molar-refractivity contribution in [2.75, 3.05) is 18.5 Å². The number of amides is 2. The Balaban J connectivity index is 1.51. The largest absolute Gasteiger partial charge is 0.486 e. The Kier molecular flexibility index (Phi) is 4.48. The van der Waals surface area contributed by atoms with Gasteiger partial charge in [0.15, 0.2) is 11.5 Å². The number of aromatic nitrogens is 1. The smallest absolute Gasteiger partial charge is 0.322 e. The van der Waals surface area contributed by atoms with Crippen molar-refractivity contribution in [2.45, 2.75) is 25.4 Å². The van der Waals surface area contributed by atoms with Crippen LogP contribution in [0, 0.1) is 0 Å². The second-order valence-electron chi connectivity index (χ2n) is 6.09. The molecular formula is C18H18BrN3O3. The fourth-order valence-electron chi connectivity index (χ4n) is 2.77. The maximum absolute atomic E-state index is 12.8. The number of rotatable bonds is 4. The molecule has 0 spiro atoms. The van der Waals surface area contributed by atoms with Crippen LogP contribution < -0.4 is 14.8 Å². The molecule has 2 heterocycles. The van der Waals surface area contributed by atoms with Gasteiger partial charge >= 0.3 is 6.03 Å². The molecule has 2 aromatic rings. The predicted octanol–water partition coefficient (Wildman–Crippen LogP) is 3.81. The summed E-state index contributed by atoms with van der Waals surface area (Å²) in [7, 11) is 0. The summed E-state index contributed by atoms with van der Waals surface area (Å²) >= 11 is 3.49. The lowest BCUT2D eigenvalue weighted by atomic mass is 10.2. The molecule has 1 aliphatic carbocycles. The van der Waals surface area contributed by atoms with E-state index in [1.54, 1.807) is 12.3 Å². The van der Waals surface area contributed by atoms with Crippen molar-refractivity contribution < 1.29 is 14.3 Å². The minimum atomic E-state index is -0.134. The summed E-state index contributed by atoms with van der Waals surface area (Å²) in [4.78, 5) is 19.0. The monoisotopic (exact) mass is 403 g/mol. The number of hydrogen-bond acceptors (Lipinski definition) is 4. The number of hydrogen-bond donors (Lipinski definition) is 1. The Hall–Kier alpha value is -2.28. The Labute approximate surface area is 154 Å². The van der Waals surface area contributed by atoms with E-state index in [0.717, 1.165) is 23.0 Å². The first-order chi connectivity index (χ1) is 12.2. The van der Waals surface area contributed by atoms with Gasteiger partial charge in [-0.15, -0.1) is 0 Å². The molecule has 2 aliphatic rings. The molecule has 1 saturated carbocycles. The number of anilines is 1. The first-order valence-electron chi connectivity index (χ1n) is 8.27. The maximum Gasteiger partial charge on any atom is 0.322 e. The molecule has 7 heteroatoms. The standard InChI is InChI=1S/C18H18BrN3O3/c19-14-9-16-17(25-8-7-24-16)10-15(14)21-18(23)22(13-4-5-13)11-12-3-1-2-6-20-12/h1-3,6,9-10,13H,4-5,7-8,11H2,(H,21,23). The van der Waals surface area contributed by atoms with Crippen LogP contribution in [0.15, 0.2) is 41.0 Å². The van der Waals surface area contributed by atoms with Crippen molar-refractivity contribution in [3.63, 3.8) is 0 Å². The SMILES string of the molecule is O=C(Nc1cc2c(cc1Br)OCCO2)N(Cc1ccccn1)C1CC1. The van der Waals surface area contributed by atoms with Crippen molar-refractivity contribution >= 4 is 27.6 Å². The van der Waals surface area contributed by atoms with Crippen molar-refractivity contribution in [3.05, 3.63) is 46.7 Å². The van der Waals surface area contributed by atoms with E-state index >= 15 is 0 Å². The van der Waals surface area contributed by atoms with Crippen LogP contribution in [-0.2, 0) is 6.54 Å². The van der Waals surface area contributed by atoms with Crippen LogP contribution in [0.2, 0.25) is 0 Å². The van der Waals surface area contributed by atoms with Crippen LogP contribution in [-0.4, -0.2) is 35.2 Å². The zero-order valence-electron chi connectivity index (χ0n) is 13.6. The zero-order chi connectivity index (χ0) is 17.2. The number of ether oxygens (including phenoxy) is 2. The summed E-state index contributed by atoms with van der Waals surface area (Å²) in [6.45, 7) is 1.54. The average Bonchev–Trinajstić information content (AvgIpc) is 3.46. The van der Waals surface area contributed by atoms with Gasteiger partial charge < -0.3 is 19.7 Å². The van der Waals surface area contributed by atoms with Gasteiger partial charge in [-0.25, -0.2) is 4.79 Å². The fourth-order valence-corrected chi connectivity index (χ4v) is 3.19. The van der Waals surface area contributed by atoms with Gasteiger partial charge in [0.1, 0.15) is 13.2 Å². The number of benzene rings is 1. The summed E-state index contributed by atoms with van der Waals surface area (Å²) in [5.41, 5.74) is 1.55. The van der Waals surface area contributed by atoms with E-state index in [4.69, 9.17) is 9.47 Å². The number of nitrogens with one attached hydrogen (secondary N) is 1. The zero-order valence-corrected chi connectivity index (χ0v) is 15.2. The lowest BCUT2D eigenvalue weighted by Gasteiger charge is -2.24. The van der Waals surface area contributed by atoms with Gasteiger partial charge in [-0.2, -0.15) is 0 Å². The summed E-state index contributed by atoms with van der Waals surface area (Å²) in [6.07, 6.45) is 3.81. The molecule has 25 heavy (non-hydrogen) atoms. The summed E-state index contributed by atoms with van der Waals surface area (Å²) in [5, 5.41) is 2.98. The Bertz CT molecular complexity index is 781. The first kappa shape index (κ1) is 16.2. The lowest BCUT2D eigenvalue weighted by Crippen LogP contribution is -2.36. The molecule has 0 unspecified atom stereocenters. The van der Waals surface area contributed by atoms with Crippen molar-refractivity contribution in [1.29, 1.82) is 0 Å². The number of carbonyl (C=O) groups is 1. The molecule has 1 fully saturated rings. The van der Waals surface area contributed by atoms with Crippen LogP contribution in [0.5, 0.6) is 11.5 Å². The van der Waals surface area contributed by atoms with Crippen molar-refractivity contribution in [2.24, 2.45) is 0 Å². The highest BCUT2D eigenvalue weighted by Crippen LogP contribution is 2.38. The van der Waals surface area contributed by atoms with E-state index in [-0.39, 0.29) is 12.1 Å². The molecule has 1 aromatic heterocycles. The topological polar surface area (TPSA) is 63.7 Å². The van der Waals surface area contributed by atoms with E-state index in [1.165, 1.54) is 0 Å². The molecule has 130 valence electrons. The van der Waals surface area contributed by atoms with E-state index in [9.17, 15) is 4.79 Å². The number of urea groups is 1. The normalized spacial score (nSPS) is 15.6. The number of fused-ring (bicyclic) bond motifs is 1. The second kappa shape index (κ2) is 6.92. The van der Waals surface area contributed by atoms with Gasteiger partial charge in [0.05, 0.1) is 17.9 Å². The second-order valence-corrected chi connectivity index (χ2v) is 6.94. The van der Waals surface area contributed by atoms with Gasteiger partial charge in [0.2, 0.25) is 0 Å². The van der Waals surface area contributed by atoms with Gasteiger partial charge in [-0.1, -0.05) is 6.07 Å². The van der Waals surface area contributed by atoms with Crippen LogP contribution >= 0.6 is 15.9 Å². The first-order valence-corrected chi connectivity index (χ1v) is 9.06. The highest BCUT2D eigenvalue weighted by atomic mass is 79.9. The minimum Gasteiger partial charge on any atom is -0.486 e. The molecule has 6 nitrogen and oxygen atoms in total. The summed E-state index contributed by atoms with van der Waals surface area (Å²) < 4.78 is 11.9. The van der Waals surface area contributed by atoms with E-state index < -0.39 is 0 Å². The molecule has 0 saturated heterocycles. The van der Waals surface area contributed by atoms with Gasteiger partial charge in [-0.3, -0.25) is 4.98 Å². The molecule has 1 N–H and O–H groups in total. The summed E-state index contributed by atoms with van der Waals surface area (Å²) in [6, 6.07) is 9.50. The van der Waals surface area contributed by atoms with Gasteiger partial charge in [-0.05, 0) is 40.9 Å². The Morgan fingerprint density at radius 1 is 1.24 bits per heavy atom. The Morgan fingerprint density at radius 3 is 2.68 bits per heavy atom. The molecule has 0 radical (unpaired) electrons. The van der Waals surface area contributed by atoms with E-state index in [0.29, 0.717) is 36.9 Å². The third-order valence-corrected chi connectivity index (χ3v) is 4.84. The molecule has 1 aliphatic heterocycles. The average molecular weight is 404 g/mol. The number of carbonyl (C=O) groups excluding carboxylic acids is 1. The third kappa shape index (κ3) is 3.71. The van der Waals surface area contributed by atoms with Crippen LogP contribution in [0.3, 0.4) is 0 Å². The summed E-state index contributed by atoms with van der Waals surface area (Å²) in [5.74, 6) is 1.33. The quantitative estimate of drug-likeness (QED) is 0.842. The maximum atomic E-state index is 12.8. The molecular weight excluding hydrogens is 386 g/mol. The third-order valence-electron chi connectivity index (χ3n) is 4.18. The number of nitrogens with zero attached hydrogens (tertiary/aromatic N) is 2. The van der Waals surface area contributed by atoms with Crippen LogP contribution in [0.25, 0.3) is 0 Å². The molecule has 0 bridgehead atoms. The van der Waals surface area contributed by atoms with E-state index in [1.807, 2.05) is 29.2 Å². The molecule has 4 rings (SSSR count).